The lowest BCUT2D eigenvalue weighted by atomic mass is 10.1. The molecule has 0 amide bonds. The highest BCUT2D eigenvalue weighted by molar-refractivity contribution is 5.74. The lowest BCUT2D eigenvalue weighted by Crippen LogP contribution is -2.50. The highest BCUT2D eigenvalue weighted by Crippen LogP contribution is 2.35. The molecule has 6 N–H and O–H groups in total. The van der Waals surface area contributed by atoms with Gasteiger partial charge >= 0.3 is 0 Å². The summed E-state index contributed by atoms with van der Waals surface area (Å²) in [4.78, 5) is 27.3. The zero-order valence-electron chi connectivity index (χ0n) is 16.2. The molecule has 2 fully saturated rings. The molecule has 13 nitrogen and oxygen atoms in total. The number of H-pyrrole nitrogens is 1. The number of β-amino-alcohol motifs (C(OH)–C–C–N with tert-alkyl or cyclic N) is 1. The maximum Gasteiger partial charge on any atom is 0.278 e. The number of aromatic amines is 1. The van der Waals surface area contributed by atoms with Crippen LogP contribution in [0.3, 0.4) is 0 Å². The molecule has 166 valence electrons. The van der Waals surface area contributed by atoms with Crippen molar-refractivity contribution in [3.63, 3.8) is 0 Å². The quantitative estimate of drug-likeness (QED) is 0.267. The van der Waals surface area contributed by atoms with Gasteiger partial charge in [0.25, 0.3) is 5.56 Å². The van der Waals surface area contributed by atoms with Crippen LogP contribution in [0.5, 0.6) is 0 Å². The first kappa shape index (κ1) is 21.1. The number of imidazole rings is 1. The number of nitrogens with zero attached hydrogens (tertiary/aromatic N) is 5. The number of aliphatic hydroxyl groups excluding tert-OH is 5. The fourth-order valence-corrected chi connectivity index (χ4v) is 3.95. The van der Waals surface area contributed by atoms with Crippen molar-refractivity contribution in [2.75, 3.05) is 50.8 Å². The summed E-state index contributed by atoms with van der Waals surface area (Å²) >= 11 is 0. The summed E-state index contributed by atoms with van der Waals surface area (Å²) in [5.41, 5.74) is -0.179. The van der Waals surface area contributed by atoms with E-state index in [0.29, 0.717) is 38.7 Å². The van der Waals surface area contributed by atoms with Gasteiger partial charge in [-0.1, -0.05) is 0 Å². The summed E-state index contributed by atoms with van der Waals surface area (Å²) in [6.45, 7) is 1.74. The third-order valence-corrected chi connectivity index (χ3v) is 5.57. The van der Waals surface area contributed by atoms with Gasteiger partial charge in [-0.05, 0) is 0 Å². The Morgan fingerprint density at radius 2 is 1.93 bits per heavy atom. The standard InChI is InChI=1S/C17H26N6O7/c24-6-9(26)5-21-1-3-22(4-2-21)17-20-11-14(18-8-19-15(11)29)23(17)16-13(28)12(27)10(7-25)30-16/h8-10,12-13,16,24-28H,1-7H2,(H,18,19,29)/t9-,10-,12+,13+,16-/m1/s1. The smallest absolute Gasteiger partial charge is 0.278 e. The highest BCUT2D eigenvalue weighted by atomic mass is 16.6. The second kappa shape index (κ2) is 8.55. The van der Waals surface area contributed by atoms with Crippen molar-refractivity contribution in [2.45, 2.75) is 30.6 Å². The number of ether oxygens (including phenoxy) is 1. The summed E-state index contributed by atoms with van der Waals surface area (Å²) in [6, 6.07) is 0. The molecule has 2 aliphatic heterocycles. The van der Waals surface area contributed by atoms with E-state index in [4.69, 9.17) is 9.84 Å². The lowest BCUT2D eigenvalue weighted by Gasteiger charge is -2.36. The summed E-state index contributed by atoms with van der Waals surface area (Å²) < 4.78 is 7.15. The van der Waals surface area contributed by atoms with Gasteiger partial charge in [-0.2, -0.15) is 0 Å². The van der Waals surface area contributed by atoms with E-state index in [9.17, 15) is 25.2 Å². The second-order valence-electron chi connectivity index (χ2n) is 7.54. The van der Waals surface area contributed by atoms with Crippen LogP contribution in [0.25, 0.3) is 11.2 Å². The predicted molar refractivity (Wildman–Crippen MR) is 103 cm³/mol. The molecule has 0 spiro atoms. The first-order valence-corrected chi connectivity index (χ1v) is 9.79. The van der Waals surface area contributed by atoms with Gasteiger partial charge < -0.3 is 40.2 Å². The molecule has 13 heteroatoms. The fraction of sp³-hybridized carbons (Fsp3) is 0.706. The average molecular weight is 426 g/mol. The molecule has 0 aliphatic carbocycles. The van der Waals surface area contributed by atoms with Gasteiger partial charge in [0, 0.05) is 32.7 Å². The minimum atomic E-state index is -1.35. The number of fused-ring (bicyclic) bond motifs is 1. The number of hydrogen-bond donors (Lipinski definition) is 6. The molecule has 5 atom stereocenters. The molecule has 0 saturated carbocycles. The van der Waals surface area contributed by atoms with Gasteiger partial charge in [-0.15, -0.1) is 0 Å². The van der Waals surface area contributed by atoms with Crippen LogP contribution in [0.1, 0.15) is 6.23 Å². The van der Waals surface area contributed by atoms with E-state index < -0.39 is 42.8 Å². The Hall–Kier alpha value is -2.13. The minimum Gasteiger partial charge on any atom is -0.394 e. The number of aromatic nitrogens is 4. The molecule has 0 bridgehead atoms. The maximum absolute atomic E-state index is 12.3. The van der Waals surface area contributed by atoms with Gasteiger partial charge in [0.15, 0.2) is 17.4 Å². The molecule has 4 heterocycles. The number of aliphatic hydroxyl groups is 5. The van der Waals surface area contributed by atoms with Crippen molar-refractivity contribution in [3.05, 3.63) is 16.7 Å². The van der Waals surface area contributed by atoms with E-state index in [1.807, 2.05) is 9.80 Å². The van der Waals surface area contributed by atoms with Gasteiger partial charge in [-0.3, -0.25) is 14.3 Å². The van der Waals surface area contributed by atoms with Crippen LogP contribution in [0.15, 0.2) is 11.1 Å². The summed E-state index contributed by atoms with van der Waals surface area (Å²) in [5.74, 6) is 0.353. The molecular formula is C17H26N6O7. The van der Waals surface area contributed by atoms with Crippen LogP contribution in [-0.4, -0.2) is 120 Å². The second-order valence-corrected chi connectivity index (χ2v) is 7.54. The third-order valence-electron chi connectivity index (χ3n) is 5.57. The predicted octanol–water partition coefficient (Wildman–Crippen LogP) is -3.79. The van der Waals surface area contributed by atoms with Crippen molar-refractivity contribution >= 4 is 17.1 Å². The monoisotopic (exact) mass is 426 g/mol. The summed E-state index contributed by atoms with van der Waals surface area (Å²) in [7, 11) is 0. The Morgan fingerprint density at radius 1 is 1.20 bits per heavy atom. The zero-order chi connectivity index (χ0) is 21.4. The molecule has 0 radical (unpaired) electrons. The van der Waals surface area contributed by atoms with Crippen LogP contribution in [0.2, 0.25) is 0 Å². The molecule has 4 rings (SSSR count). The van der Waals surface area contributed by atoms with E-state index in [-0.39, 0.29) is 17.8 Å². The summed E-state index contributed by atoms with van der Waals surface area (Å²) in [6.07, 6.45) is -4.30. The van der Waals surface area contributed by atoms with Crippen LogP contribution < -0.4 is 10.5 Å². The first-order chi connectivity index (χ1) is 14.4. The molecule has 2 saturated heterocycles. The normalized spacial score (nSPS) is 29.0. The van der Waals surface area contributed by atoms with Gasteiger partial charge in [0.05, 0.1) is 25.6 Å². The molecular weight excluding hydrogens is 400 g/mol. The Bertz CT molecular complexity index is 927. The Morgan fingerprint density at radius 3 is 2.57 bits per heavy atom. The molecule has 0 unspecified atom stereocenters. The van der Waals surface area contributed by atoms with E-state index in [0.717, 1.165) is 0 Å². The highest BCUT2D eigenvalue weighted by Gasteiger charge is 2.45. The van der Waals surface area contributed by atoms with Crippen LogP contribution in [0, 0.1) is 0 Å². The number of hydrogen-bond acceptors (Lipinski definition) is 11. The van der Waals surface area contributed by atoms with Gasteiger partial charge in [0.2, 0.25) is 5.95 Å². The Balaban J connectivity index is 1.67. The molecule has 0 aromatic carbocycles. The van der Waals surface area contributed by atoms with Crippen LogP contribution >= 0.6 is 0 Å². The van der Waals surface area contributed by atoms with Gasteiger partial charge in [0.1, 0.15) is 18.3 Å². The topological polar surface area (TPSA) is 180 Å². The first-order valence-electron chi connectivity index (χ1n) is 9.79. The SMILES string of the molecule is O=c1[nH]cnc2c1nc(N1CCN(C[C@@H](O)CO)CC1)n2[C@@H]1O[C@H](CO)[C@H](O)[C@@H]1O. The van der Waals surface area contributed by atoms with Crippen molar-refractivity contribution in [1.82, 2.24) is 24.4 Å². The Labute approximate surface area is 170 Å². The number of anilines is 1. The summed E-state index contributed by atoms with van der Waals surface area (Å²) in [5, 5.41) is 48.8. The van der Waals surface area contributed by atoms with Crippen molar-refractivity contribution in [3.8, 4) is 0 Å². The van der Waals surface area contributed by atoms with E-state index in [1.165, 1.54) is 10.9 Å². The minimum absolute atomic E-state index is 0.0726. The van der Waals surface area contributed by atoms with Crippen LogP contribution in [0.4, 0.5) is 5.95 Å². The van der Waals surface area contributed by atoms with E-state index in [2.05, 4.69) is 15.0 Å². The van der Waals surface area contributed by atoms with Crippen molar-refractivity contribution in [2.24, 2.45) is 0 Å². The van der Waals surface area contributed by atoms with E-state index >= 15 is 0 Å². The number of nitrogens with one attached hydrogen (secondary N) is 1. The third kappa shape index (κ3) is 3.69. The molecule has 2 aromatic heterocycles. The zero-order valence-corrected chi connectivity index (χ0v) is 16.2. The van der Waals surface area contributed by atoms with Crippen molar-refractivity contribution in [1.29, 1.82) is 0 Å². The molecule has 2 aliphatic rings. The molecule has 2 aromatic rings. The molecule has 30 heavy (non-hydrogen) atoms. The maximum atomic E-state index is 12.3. The largest absolute Gasteiger partial charge is 0.394 e. The van der Waals surface area contributed by atoms with Crippen LogP contribution in [-0.2, 0) is 4.74 Å². The van der Waals surface area contributed by atoms with Crippen molar-refractivity contribution < 1.29 is 30.3 Å². The lowest BCUT2D eigenvalue weighted by molar-refractivity contribution is -0.0505. The number of rotatable bonds is 6. The van der Waals surface area contributed by atoms with Gasteiger partial charge in [-0.25, -0.2) is 9.97 Å². The number of piperazine rings is 1. The average Bonchev–Trinajstić information content (AvgIpc) is 3.27. The fourth-order valence-electron chi connectivity index (χ4n) is 3.95. The van der Waals surface area contributed by atoms with E-state index in [1.54, 1.807) is 0 Å². The Kier molecular flexibility index (Phi) is 6.02.